The van der Waals surface area contributed by atoms with Crippen LogP contribution in [0.25, 0.3) is 0 Å². The van der Waals surface area contributed by atoms with Crippen LogP contribution in [0.3, 0.4) is 0 Å². The van der Waals surface area contributed by atoms with Crippen molar-refractivity contribution in [2.45, 2.75) is 18.9 Å². The molecule has 0 fully saturated rings. The van der Waals surface area contributed by atoms with Crippen LogP contribution in [0, 0.1) is 0 Å². The Bertz CT molecular complexity index is 969. The zero-order chi connectivity index (χ0) is 22.4. The number of carbonyl (C=O) groups is 2. The summed E-state index contributed by atoms with van der Waals surface area (Å²) in [6.07, 6.45) is 0.694. The summed E-state index contributed by atoms with van der Waals surface area (Å²) in [6, 6.07) is 14.1. The van der Waals surface area contributed by atoms with Gasteiger partial charge in [0.1, 0.15) is 0 Å². The third-order valence-corrected chi connectivity index (χ3v) is 5.35. The Kier molecular flexibility index (Phi) is 7.31. The number of aliphatic hydroxyl groups is 1. The van der Waals surface area contributed by atoms with Crippen molar-refractivity contribution >= 4 is 11.7 Å². The van der Waals surface area contributed by atoms with Gasteiger partial charge in [-0.2, -0.15) is 0 Å². The summed E-state index contributed by atoms with van der Waals surface area (Å²) in [5.41, 5.74) is 1.76. The number of hydrogen-bond donors (Lipinski definition) is 1. The van der Waals surface area contributed by atoms with Gasteiger partial charge in [0, 0.05) is 20.1 Å². The Balaban J connectivity index is 1.96. The van der Waals surface area contributed by atoms with Gasteiger partial charge in [0.15, 0.2) is 23.0 Å². The highest BCUT2D eigenvalue weighted by Crippen LogP contribution is 2.41. The van der Waals surface area contributed by atoms with Crippen molar-refractivity contribution in [3.05, 3.63) is 71.0 Å². The Hall–Kier alpha value is -3.32. The zero-order valence-electron chi connectivity index (χ0n) is 18.0. The lowest BCUT2D eigenvalue weighted by Gasteiger charge is -2.27. The molecule has 0 aliphatic carbocycles. The van der Waals surface area contributed by atoms with Gasteiger partial charge in [-0.3, -0.25) is 9.59 Å². The molecule has 1 aliphatic heterocycles. The SMILES string of the molecule is COCCN1C(=O)C(O)=C(C(=O)CCc2ccccc2)C1c1ccc(OC)c(OC)c1. The van der Waals surface area contributed by atoms with Crippen LogP contribution in [-0.4, -0.2) is 56.2 Å². The molecule has 1 heterocycles. The van der Waals surface area contributed by atoms with E-state index in [9.17, 15) is 14.7 Å². The lowest BCUT2D eigenvalue weighted by atomic mass is 9.93. The molecule has 0 spiro atoms. The van der Waals surface area contributed by atoms with Crippen LogP contribution >= 0.6 is 0 Å². The Morgan fingerprint density at radius 2 is 1.74 bits per heavy atom. The quantitative estimate of drug-likeness (QED) is 0.629. The molecular formula is C24H27NO6. The number of Topliss-reactive ketones (excluding diaryl/α,β-unsaturated/α-hetero) is 1. The van der Waals surface area contributed by atoms with E-state index >= 15 is 0 Å². The second-order valence-corrected chi connectivity index (χ2v) is 7.18. The average molecular weight is 425 g/mol. The van der Waals surface area contributed by atoms with Crippen LogP contribution in [0.1, 0.15) is 23.6 Å². The minimum absolute atomic E-state index is 0.101. The molecule has 0 saturated carbocycles. The number of benzene rings is 2. The summed E-state index contributed by atoms with van der Waals surface area (Å²) in [5, 5.41) is 10.6. The second kappa shape index (κ2) is 10.1. The summed E-state index contributed by atoms with van der Waals surface area (Å²) in [4.78, 5) is 27.4. The number of hydrogen-bond acceptors (Lipinski definition) is 6. The molecule has 0 aromatic heterocycles. The smallest absolute Gasteiger partial charge is 0.290 e. The number of ketones is 1. The van der Waals surface area contributed by atoms with E-state index in [4.69, 9.17) is 14.2 Å². The van der Waals surface area contributed by atoms with Crippen LogP contribution in [0.15, 0.2) is 59.9 Å². The van der Waals surface area contributed by atoms with Crippen LogP contribution in [0.2, 0.25) is 0 Å². The van der Waals surface area contributed by atoms with Gasteiger partial charge in [-0.25, -0.2) is 0 Å². The molecule has 1 aliphatic rings. The van der Waals surface area contributed by atoms with Gasteiger partial charge in [-0.15, -0.1) is 0 Å². The predicted molar refractivity (Wildman–Crippen MR) is 115 cm³/mol. The van der Waals surface area contributed by atoms with Crippen LogP contribution in [0.4, 0.5) is 0 Å². The molecule has 0 saturated heterocycles. The Labute approximate surface area is 181 Å². The van der Waals surface area contributed by atoms with E-state index in [0.717, 1.165) is 5.56 Å². The fourth-order valence-corrected chi connectivity index (χ4v) is 3.77. The number of aliphatic hydroxyl groups excluding tert-OH is 1. The van der Waals surface area contributed by atoms with Crippen molar-refractivity contribution < 1.29 is 28.9 Å². The van der Waals surface area contributed by atoms with E-state index in [2.05, 4.69) is 0 Å². The number of aryl methyl sites for hydroxylation is 1. The lowest BCUT2D eigenvalue weighted by Crippen LogP contribution is -2.34. The Morgan fingerprint density at radius 1 is 1.03 bits per heavy atom. The first-order valence-electron chi connectivity index (χ1n) is 10.0. The van der Waals surface area contributed by atoms with E-state index in [1.54, 1.807) is 18.2 Å². The van der Waals surface area contributed by atoms with Gasteiger partial charge in [0.25, 0.3) is 5.91 Å². The molecule has 7 heteroatoms. The summed E-state index contributed by atoms with van der Waals surface area (Å²) < 4.78 is 15.8. The van der Waals surface area contributed by atoms with E-state index in [0.29, 0.717) is 23.5 Å². The minimum atomic E-state index is -0.731. The van der Waals surface area contributed by atoms with Gasteiger partial charge in [0.05, 0.1) is 32.4 Å². The topological polar surface area (TPSA) is 85.3 Å². The minimum Gasteiger partial charge on any atom is -0.503 e. The Morgan fingerprint density at radius 3 is 2.39 bits per heavy atom. The fraction of sp³-hybridized carbons (Fsp3) is 0.333. The molecule has 1 atom stereocenters. The number of rotatable bonds is 10. The number of amides is 1. The van der Waals surface area contributed by atoms with Crippen molar-refractivity contribution in [1.29, 1.82) is 0 Å². The molecule has 0 radical (unpaired) electrons. The van der Waals surface area contributed by atoms with E-state index < -0.39 is 17.7 Å². The normalized spacial score (nSPS) is 16.0. The number of methoxy groups -OCH3 is 3. The van der Waals surface area contributed by atoms with Crippen molar-refractivity contribution in [3.8, 4) is 11.5 Å². The standard InChI is InChI=1S/C24H27NO6/c1-29-14-13-25-22(17-10-12-19(30-2)20(15-17)31-3)21(23(27)24(25)28)18(26)11-9-16-7-5-4-6-8-16/h4-8,10,12,15,22,27H,9,11,13-14H2,1-3H3. The fourth-order valence-electron chi connectivity index (χ4n) is 3.77. The average Bonchev–Trinajstić information content (AvgIpc) is 3.06. The molecule has 1 N–H and O–H groups in total. The monoisotopic (exact) mass is 425 g/mol. The maximum absolute atomic E-state index is 13.2. The molecule has 1 amide bonds. The molecule has 7 nitrogen and oxygen atoms in total. The van der Waals surface area contributed by atoms with Gasteiger partial charge in [-0.05, 0) is 29.7 Å². The van der Waals surface area contributed by atoms with Crippen LogP contribution in [-0.2, 0) is 20.7 Å². The molecule has 3 rings (SSSR count). The molecule has 31 heavy (non-hydrogen) atoms. The van der Waals surface area contributed by atoms with Crippen molar-refractivity contribution in [2.24, 2.45) is 0 Å². The highest BCUT2D eigenvalue weighted by molar-refractivity contribution is 6.09. The maximum atomic E-state index is 13.2. The summed E-state index contributed by atoms with van der Waals surface area (Å²) >= 11 is 0. The summed E-state index contributed by atoms with van der Waals surface area (Å²) in [7, 11) is 4.58. The molecule has 2 aromatic rings. The van der Waals surface area contributed by atoms with Gasteiger partial charge >= 0.3 is 0 Å². The molecule has 164 valence electrons. The lowest BCUT2D eigenvalue weighted by molar-refractivity contribution is -0.130. The first-order valence-corrected chi connectivity index (χ1v) is 10.0. The van der Waals surface area contributed by atoms with Crippen molar-refractivity contribution in [3.63, 3.8) is 0 Å². The molecule has 0 bridgehead atoms. The second-order valence-electron chi connectivity index (χ2n) is 7.18. The zero-order valence-corrected chi connectivity index (χ0v) is 18.0. The van der Waals surface area contributed by atoms with Crippen LogP contribution in [0.5, 0.6) is 11.5 Å². The summed E-state index contributed by atoms with van der Waals surface area (Å²) in [6.45, 7) is 0.502. The number of ether oxygens (including phenoxy) is 3. The largest absolute Gasteiger partial charge is 0.503 e. The van der Waals surface area contributed by atoms with E-state index in [1.807, 2.05) is 30.3 Å². The number of carbonyl (C=O) groups excluding carboxylic acids is 2. The van der Waals surface area contributed by atoms with Crippen molar-refractivity contribution in [2.75, 3.05) is 34.5 Å². The van der Waals surface area contributed by atoms with Crippen molar-refractivity contribution in [1.82, 2.24) is 4.90 Å². The first kappa shape index (κ1) is 22.4. The molecule has 1 unspecified atom stereocenters. The highest BCUT2D eigenvalue weighted by atomic mass is 16.5. The van der Waals surface area contributed by atoms with Gasteiger partial charge in [-0.1, -0.05) is 36.4 Å². The van der Waals surface area contributed by atoms with Crippen LogP contribution < -0.4 is 9.47 Å². The van der Waals surface area contributed by atoms with Gasteiger partial charge < -0.3 is 24.2 Å². The van der Waals surface area contributed by atoms with E-state index in [1.165, 1.54) is 26.2 Å². The summed E-state index contributed by atoms with van der Waals surface area (Å²) in [5.74, 6) is -0.353. The highest BCUT2D eigenvalue weighted by Gasteiger charge is 2.43. The third-order valence-electron chi connectivity index (χ3n) is 5.35. The third kappa shape index (κ3) is 4.72. The predicted octanol–water partition coefficient (Wildman–Crippen LogP) is 3.25. The molecule has 2 aromatic carbocycles. The number of nitrogens with zero attached hydrogens (tertiary/aromatic N) is 1. The molecular weight excluding hydrogens is 398 g/mol. The van der Waals surface area contributed by atoms with Gasteiger partial charge in [0.2, 0.25) is 0 Å². The first-order chi connectivity index (χ1) is 15.0. The maximum Gasteiger partial charge on any atom is 0.290 e. The van der Waals surface area contributed by atoms with E-state index in [-0.39, 0.29) is 30.9 Å².